The summed E-state index contributed by atoms with van der Waals surface area (Å²) < 4.78 is 6.07. The van der Waals surface area contributed by atoms with Gasteiger partial charge in [-0.1, -0.05) is 26.0 Å². The van der Waals surface area contributed by atoms with Crippen molar-refractivity contribution < 1.29 is 14.3 Å². The van der Waals surface area contributed by atoms with Gasteiger partial charge in [0.25, 0.3) is 5.91 Å². The molecular formula is C20H19N5O3S. The number of rotatable bonds is 6. The first-order chi connectivity index (χ1) is 13.8. The fraction of sp³-hybridized carbons (Fsp3) is 0.300. The van der Waals surface area contributed by atoms with Crippen molar-refractivity contribution in [3.8, 4) is 16.8 Å². The average molecular weight is 409 g/mol. The van der Waals surface area contributed by atoms with Crippen molar-refractivity contribution in [3.05, 3.63) is 42.4 Å². The van der Waals surface area contributed by atoms with Crippen LogP contribution in [-0.4, -0.2) is 39.0 Å². The zero-order chi connectivity index (χ0) is 21.0. The summed E-state index contributed by atoms with van der Waals surface area (Å²) in [5.74, 6) is -1.47. The number of nitriles is 1. The van der Waals surface area contributed by atoms with Crippen LogP contribution in [0.3, 0.4) is 0 Å². The number of hydrogen-bond acceptors (Lipinski definition) is 8. The highest BCUT2D eigenvalue weighted by molar-refractivity contribution is 7.21. The Morgan fingerprint density at radius 2 is 2.00 bits per heavy atom. The molecule has 1 N–H and O–H groups in total. The van der Waals surface area contributed by atoms with E-state index in [1.54, 1.807) is 6.92 Å². The molecule has 0 fully saturated rings. The summed E-state index contributed by atoms with van der Waals surface area (Å²) in [5, 5.41) is 12.4. The third kappa shape index (κ3) is 4.38. The molecule has 0 aliphatic heterocycles. The van der Waals surface area contributed by atoms with Gasteiger partial charge in [0, 0.05) is 12.4 Å². The van der Waals surface area contributed by atoms with Gasteiger partial charge in [-0.25, -0.2) is 19.7 Å². The van der Waals surface area contributed by atoms with Gasteiger partial charge in [0.05, 0.1) is 16.3 Å². The zero-order valence-corrected chi connectivity index (χ0v) is 17.0. The van der Waals surface area contributed by atoms with Crippen molar-refractivity contribution in [3.63, 3.8) is 0 Å². The number of thiazole rings is 1. The third-order valence-corrected chi connectivity index (χ3v) is 5.55. The van der Waals surface area contributed by atoms with E-state index in [0.717, 1.165) is 10.2 Å². The van der Waals surface area contributed by atoms with E-state index in [1.807, 2.05) is 38.1 Å². The number of carbonyl (C=O) groups excluding carboxylic acids is 2. The Kier molecular flexibility index (Phi) is 5.84. The van der Waals surface area contributed by atoms with Crippen LogP contribution in [0.2, 0.25) is 0 Å². The monoisotopic (exact) mass is 409 g/mol. The molecule has 1 amide bonds. The third-order valence-electron chi connectivity index (χ3n) is 4.51. The minimum atomic E-state index is -1.05. The normalized spacial score (nSPS) is 12.9. The maximum absolute atomic E-state index is 12.5. The number of nitrogens with zero attached hydrogens (tertiary/aromatic N) is 4. The van der Waals surface area contributed by atoms with E-state index in [2.05, 4.69) is 26.3 Å². The zero-order valence-electron chi connectivity index (χ0n) is 16.2. The number of para-hydroxylation sites is 1. The second-order valence-corrected chi connectivity index (χ2v) is 7.86. The Labute approximate surface area is 171 Å². The molecule has 0 bridgehead atoms. The van der Waals surface area contributed by atoms with Crippen molar-refractivity contribution in [2.45, 2.75) is 26.3 Å². The summed E-state index contributed by atoms with van der Waals surface area (Å²) in [6.07, 6.45) is 2.84. The molecule has 1 atom stereocenters. The van der Waals surface area contributed by atoms with Gasteiger partial charge in [0.2, 0.25) is 0 Å². The Morgan fingerprint density at radius 3 is 2.69 bits per heavy atom. The summed E-state index contributed by atoms with van der Waals surface area (Å²) in [4.78, 5) is 37.5. The van der Waals surface area contributed by atoms with Crippen molar-refractivity contribution in [2.24, 2.45) is 5.92 Å². The van der Waals surface area contributed by atoms with Crippen LogP contribution in [0, 0.1) is 17.2 Å². The summed E-state index contributed by atoms with van der Waals surface area (Å²) in [5.41, 5.74) is 0.0121. The van der Waals surface area contributed by atoms with E-state index in [1.165, 1.54) is 23.7 Å². The molecule has 0 radical (unpaired) electrons. The number of hydrogen-bond donors (Lipinski definition) is 1. The molecule has 0 aliphatic carbocycles. The number of esters is 1. The van der Waals surface area contributed by atoms with Crippen molar-refractivity contribution in [1.82, 2.24) is 20.3 Å². The Morgan fingerprint density at radius 1 is 1.28 bits per heavy atom. The van der Waals surface area contributed by atoms with Gasteiger partial charge in [-0.2, -0.15) is 5.26 Å². The molecule has 0 spiro atoms. The molecule has 0 aliphatic rings. The molecule has 0 saturated carbocycles. The molecule has 2 aromatic heterocycles. The first-order valence-electron chi connectivity index (χ1n) is 8.90. The maximum Gasteiger partial charge on any atom is 0.359 e. The van der Waals surface area contributed by atoms with Crippen LogP contribution in [0.1, 0.15) is 31.3 Å². The lowest BCUT2D eigenvalue weighted by molar-refractivity contribution is -0.125. The van der Waals surface area contributed by atoms with E-state index in [9.17, 15) is 14.9 Å². The highest BCUT2D eigenvalue weighted by atomic mass is 32.1. The average Bonchev–Trinajstić information content (AvgIpc) is 3.16. The standard InChI is InChI=1S/C20H19N5O3S/c1-12(2)20(3,11-21)25-15(26)10-28-19(27)17-16(22-8-9-23-17)18-24-13-6-4-5-7-14(13)29-18/h4-9,12H,10H2,1-3H3,(H,25,26)/t20-/m0/s1. The van der Waals surface area contributed by atoms with Crippen LogP contribution in [0.4, 0.5) is 0 Å². The first kappa shape index (κ1) is 20.4. The van der Waals surface area contributed by atoms with Gasteiger partial charge in [-0.3, -0.25) is 4.79 Å². The van der Waals surface area contributed by atoms with E-state index in [4.69, 9.17) is 4.74 Å². The van der Waals surface area contributed by atoms with Crippen LogP contribution in [0.15, 0.2) is 36.7 Å². The largest absolute Gasteiger partial charge is 0.451 e. The Hall–Kier alpha value is -3.38. The molecule has 2 heterocycles. The van der Waals surface area contributed by atoms with Crippen molar-refractivity contribution in [2.75, 3.05) is 6.61 Å². The Balaban J connectivity index is 1.75. The fourth-order valence-electron chi connectivity index (χ4n) is 2.44. The SMILES string of the molecule is CC(C)[C@](C)(C#N)NC(=O)COC(=O)c1nccnc1-c1nc2ccccc2s1. The minimum Gasteiger partial charge on any atom is -0.451 e. The molecule has 0 unspecified atom stereocenters. The fourth-order valence-corrected chi connectivity index (χ4v) is 3.41. The number of fused-ring (bicyclic) bond motifs is 1. The Bertz CT molecular complexity index is 1070. The van der Waals surface area contributed by atoms with E-state index in [-0.39, 0.29) is 11.6 Å². The van der Waals surface area contributed by atoms with Gasteiger partial charge in [0.1, 0.15) is 16.2 Å². The summed E-state index contributed by atoms with van der Waals surface area (Å²) >= 11 is 1.38. The van der Waals surface area contributed by atoms with Gasteiger partial charge in [-0.15, -0.1) is 11.3 Å². The molecular weight excluding hydrogens is 390 g/mol. The second-order valence-electron chi connectivity index (χ2n) is 6.83. The lowest BCUT2D eigenvalue weighted by Crippen LogP contribution is -2.50. The highest BCUT2D eigenvalue weighted by Gasteiger charge is 2.30. The summed E-state index contributed by atoms with van der Waals surface area (Å²) in [6.45, 7) is 4.72. The number of ether oxygens (including phenoxy) is 1. The highest BCUT2D eigenvalue weighted by Crippen LogP contribution is 2.30. The lowest BCUT2D eigenvalue weighted by Gasteiger charge is -2.27. The molecule has 3 aromatic rings. The number of aromatic nitrogens is 3. The van der Waals surface area contributed by atoms with Crippen LogP contribution < -0.4 is 5.32 Å². The van der Waals surface area contributed by atoms with Crippen molar-refractivity contribution in [1.29, 1.82) is 5.26 Å². The second kappa shape index (κ2) is 8.32. The molecule has 148 valence electrons. The smallest absolute Gasteiger partial charge is 0.359 e. The quantitative estimate of drug-likeness (QED) is 0.622. The van der Waals surface area contributed by atoms with Gasteiger partial charge in [-0.05, 0) is 25.0 Å². The summed E-state index contributed by atoms with van der Waals surface area (Å²) in [6, 6.07) is 9.65. The molecule has 9 heteroatoms. The van der Waals surface area contributed by atoms with Crippen LogP contribution >= 0.6 is 11.3 Å². The van der Waals surface area contributed by atoms with E-state index in [0.29, 0.717) is 10.7 Å². The van der Waals surface area contributed by atoms with Crippen LogP contribution in [0.5, 0.6) is 0 Å². The molecule has 3 rings (SSSR count). The van der Waals surface area contributed by atoms with Gasteiger partial charge in [0.15, 0.2) is 12.3 Å². The van der Waals surface area contributed by atoms with Gasteiger partial charge >= 0.3 is 5.97 Å². The van der Waals surface area contributed by atoms with E-state index >= 15 is 0 Å². The van der Waals surface area contributed by atoms with E-state index < -0.39 is 24.0 Å². The first-order valence-corrected chi connectivity index (χ1v) is 9.72. The van der Waals surface area contributed by atoms with Crippen LogP contribution in [-0.2, 0) is 9.53 Å². The molecule has 0 saturated heterocycles. The topological polar surface area (TPSA) is 118 Å². The number of amides is 1. The minimum absolute atomic E-state index is 0.0220. The predicted molar refractivity (Wildman–Crippen MR) is 108 cm³/mol. The maximum atomic E-state index is 12.5. The number of carbonyl (C=O) groups is 2. The predicted octanol–water partition coefficient (Wildman–Crippen LogP) is 2.96. The molecule has 29 heavy (non-hydrogen) atoms. The number of nitrogens with one attached hydrogen (secondary N) is 1. The molecule has 1 aromatic carbocycles. The molecule has 8 nitrogen and oxygen atoms in total. The summed E-state index contributed by atoms with van der Waals surface area (Å²) in [7, 11) is 0. The van der Waals surface area contributed by atoms with Crippen LogP contribution in [0.25, 0.3) is 20.9 Å². The van der Waals surface area contributed by atoms with Crippen molar-refractivity contribution >= 4 is 33.4 Å². The lowest BCUT2D eigenvalue weighted by atomic mass is 9.90. The number of benzene rings is 1. The van der Waals surface area contributed by atoms with Gasteiger partial charge < -0.3 is 10.1 Å².